The van der Waals surface area contributed by atoms with E-state index in [1.54, 1.807) is 30.3 Å². The van der Waals surface area contributed by atoms with Gasteiger partial charge in [-0.05, 0) is 12.1 Å². The largest absolute Gasteiger partial charge is 0.481 e. The molecule has 1 saturated heterocycles. The highest BCUT2D eigenvalue weighted by atomic mass is 16.4. The molecule has 6 nitrogen and oxygen atoms in total. The van der Waals surface area contributed by atoms with Crippen molar-refractivity contribution in [2.45, 2.75) is 6.42 Å². The molecule has 0 bridgehead atoms. The molecule has 18 heavy (non-hydrogen) atoms. The van der Waals surface area contributed by atoms with E-state index in [4.69, 9.17) is 5.11 Å². The predicted octanol–water partition coefficient (Wildman–Crippen LogP) is 0.264. The van der Waals surface area contributed by atoms with Crippen LogP contribution >= 0.6 is 0 Å². The Morgan fingerprint density at radius 2 is 1.94 bits per heavy atom. The molecule has 0 saturated carbocycles. The standard InChI is InChI=1S/C12H12N2O4/c15-10-6-9(12(17)18)7-14(10)13-11(16)8-4-2-1-3-5-8/h1-5,9H,6-7H2,(H,13,16)(H,17,18)/t9-/m0/s1. The summed E-state index contributed by atoms with van der Waals surface area (Å²) < 4.78 is 0. The molecule has 2 N–H and O–H groups in total. The van der Waals surface area contributed by atoms with Gasteiger partial charge >= 0.3 is 5.97 Å². The van der Waals surface area contributed by atoms with Gasteiger partial charge in [0.1, 0.15) is 0 Å². The minimum absolute atomic E-state index is 0.00669. The van der Waals surface area contributed by atoms with Crippen molar-refractivity contribution in [2.75, 3.05) is 6.54 Å². The normalized spacial score (nSPS) is 18.8. The Hall–Kier alpha value is -2.37. The zero-order valence-electron chi connectivity index (χ0n) is 9.50. The lowest BCUT2D eigenvalue weighted by molar-refractivity contribution is -0.141. The molecular weight excluding hydrogens is 236 g/mol. The summed E-state index contributed by atoms with van der Waals surface area (Å²) in [5.41, 5.74) is 2.83. The highest BCUT2D eigenvalue weighted by Crippen LogP contribution is 2.16. The van der Waals surface area contributed by atoms with Crippen molar-refractivity contribution >= 4 is 17.8 Å². The number of benzene rings is 1. The molecule has 1 heterocycles. The SMILES string of the molecule is O=C(NN1C[C@@H](C(=O)O)CC1=O)c1ccccc1. The average molecular weight is 248 g/mol. The molecule has 1 aliphatic rings. The summed E-state index contributed by atoms with van der Waals surface area (Å²) in [7, 11) is 0. The molecule has 6 heteroatoms. The third kappa shape index (κ3) is 2.48. The summed E-state index contributed by atoms with van der Waals surface area (Å²) in [5.74, 6) is -2.59. The van der Waals surface area contributed by atoms with Gasteiger partial charge in [0.05, 0.1) is 12.5 Å². The van der Waals surface area contributed by atoms with Gasteiger partial charge in [-0.15, -0.1) is 0 Å². The van der Waals surface area contributed by atoms with Gasteiger partial charge in [0.25, 0.3) is 5.91 Å². The zero-order chi connectivity index (χ0) is 13.1. The fraction of sp³-hybridized carbons (Fsp3) is 0.250. The van der Waals surface area contributed by atoms with Crippen LogP contribution in [-0.4, -0.2) is 34.4 Å². The van der Waals surface area contributed by atoms with Crippen LogP contribution in [0.1, 0.15) is 16.8 Å². The number of aliphatic carboxylic acids is 1. The van der Waals surface area contributed by atoms with E-state index in [-0.39, 0.29) is 18.9 Å². The number of amides is 2. The average Bonchev–Trinajstić information content (AvgIpc) is 2.72. The summed E-state index contributed by atoms with van der Waals surface area (Å²) >= 11 is 0. The van der Waals surface area contributed by atoms with Gasteiger partial charge in [0.2, 0.25) is 5.91 Å². The molecule has 94 valence electrons. The van der Waals surface area contributed by atoms with E-state index in [9.17, 15) is 14.4 Å². The van der Waals surface area contributed by atoms with Crippen molar-refractivity contribution < 1.29 is 19.5 Å². The third-order valence-corrected chi connectivity index (χ3v) is 2.75. The molecule has 2 amide bonds. The molecule has 0 spiro atoms. The lowest BCUT2D eigenvalue weighted by atomic mass is 10.1. The van der Waals surface area contributed by atoms with Crippen molar-refractivity contribution in [1.29, 1.82) is 0 Å². The summed E-state index contributed by atoms with van der Waals surface area (Å²) in [4.78, 5) is 34.0. The maximum Gasteiger partial charge on any atom is 0.308 e. The minimum Gasteiger partial charge on any atom is -0.481 e. The maximum atomic E-state index is 11.8. The van der Waals surface area contributed by atoms with Gasteiger partial charge in [-0.1, -0.05) is 18.2 Å². The first-order valence-corrected chi connectivity index (χ1v) is 5.47. The Morgan fingerprint density at radius 1 is 1.28 bits per heavy atom. The van der Waals surface area contributed by atoms with Crippen molar-refractivity contribution in [3.63, 3.8) is 0 Å². The minimum atomic E-state index is -1.03. The van der Waals surface area contributed by atoms with Crippen LogP contribution in [0.25, 0.3) is 0 Å². The van der Waals surface area contributed by atoms with Crippen LogP contribution in [0.2, 0.25) is 0 Å². The number of carboxylic acid groups (broad SMARTS) is 1. The molecule has 0 aliphatic carbocycles. The molecule has 0 unspecified atom stereocenters. The Morgan fingerprint density at radius 3 is 2.50 bits per heavy atom. The second kappa shape index (κ2) is 4.87. The molecule has 1 aromatic rings. The van der Waals surface area contributed by atoms with Gasteiger partial charge in [-0.25, -0.2) is 0 Å². The van der Waals surface area contributed by atoms with Gasteiger partial charge in [0.15, 0.2) is 0 Å². The number of rotatable bonds is 3. The van der Waals surface area contributed by atoms with Crippen LogP contribution in [0.15, 0.2) is 30.3 Å². The van der Waals surface area contributed by atoms with Crippen molar-refractivity contribution in [3.8, 4) is 0 Å². The number of carbonyl (C=O) groups is 3. The number of nitrogens with one attached hydrogen (secondary N) is 1. The van der Waals surface area contributed by atoms with E-state index in [0.29, 0.717) is 5.56 Å². The summed E-state index contributed by atoms with van der Waals surface area (Å²) in [6, 6.07) is 8.43. The fourth-order valence-corrected chi connectivity index (χ4v) is 1.76. The zero-order valence-corrected chi connectivity index (χ0v) is 9.50. The van der Waals surface area contributed by atoms with Crippen LogP contribution in [0.5, 0.6) is 0 Å². The molecule has 1 fully saturated rings. The van der Waals surface area contributed by atoms with E-state index in [1.807, 2.05) is 0 Å². The highest BCUT2D eigenvalue weighted by molar-refractivity contribution is 5.96. The van der Waals surface area contributed by atoms with Crippen LogP contribution in [0, 0.1) is 5.92 Å². The van der Waals surface area contributed by atoms with E-state index in [1.165, 1.54) is 0 Å². The number of hydrogen-bond acceptors (Lipinski definition) is 3. The number of carbonyl (C=O) groups excluding carboxylic acids is 2. The van der Waals surface area contributed by atoms with Crippen LogP contribution < -0.4 is 5.43 Å². The smallest absolute Gasteiger partial charge is 0.308 e. The quantitative estimate of drug-likeness (QED) is 0.803. The van der Waals surface area contributed by atoms with Crippen LogP contribution in [0.3, 0.4) is 0 Å². The lowest BCUT2D eigenvalue weighted by Gasteiger charge is -2.17. The summed E-state index contributed by atoms with van der Waals surface area (Å²) in [5, 5.41) is 9.87. The molecule has 0 radical (unpaired) electrons. The number of nitrogens with zero attached hydrogens (tertiary/aromatic N) is 1. The van der Waals surface area contributed by atoms with Gasteiger partial charge in [0, 0.05) is 12.0 Å². The Bertz CT molecular complexity index is 486. The van der Waals surface area contributed by atoms with E-state index in [0.717, 1.165) is 5.01 Å². The Labute approximate surface area is 103 Å². The Balaban J connectivity index is 2.01. The number of hydrazine groups is 1. The van der Waals surface area contributed by atoms with E-state index in [2.05, 4.69) is 5.43 Å². The Kier molecular flexibility index (Phi) is 3.27. The lowest BCUT2D eigenvalue weighted by Crippen LogP contribution is -2.43. The first kappa shape index (κ1) is 12.1. The van der Waals surface area contributed by atoms with Gasteiger partial charge in [-0.2, -0.15) is 0 Å². The molecular formula is C12H12N2O4. The predicted molar refractivity (Wildman–Crippen MR) is 61.4 cm³/mol. The second-order valence-electron chi connectivity index (χ2n) is 4.05. The van der Waals surface area contributed by atoms with E-state index >= 15 is 0 Å². The first-order valence-electron chi connectivity index (χ1n) is 5.47. The van der Waals surface area contributed by atoms with Crippen molar-refractivity contribution in [3.05, 3.63) is 35.9 Å². The van der Waals surface area contributed by atoms with Crippen molar-refractivity contribution in [2.24, 2.45) is 5.92 Å². The monoisotopic (exact) mass is 248 g/mol. The maximum absolute atomic E-state index is 11.8. The van der Waals surface area contributed by atoms with Crippen LogP contribution in [-0.2, 0) is 9.59 Å². The van der Waals surface area contributed by atoms with Gasteiger partial charge in [-0.3, -0.25) is 24.8 Å². The molecule has 2 rings (SSSR count). The number of carboxylic acids is 1. The summed E-state index contributed by atoms with van der Waals surface area (Å²) in [6.45, 7) is 0.00669. The third-order valence-electron chi connectivity index (χ3n) is 2.75. The van der Waals surface area contributed by atoms with Gasteiger partial charge < -0.3 is 5.11 Å². The van der Waals surface area contributed by atoms with Crippen molar-refractivity contribution in [1.82, 2.24) is 10.4 Å². The number of hydrogen-bond donors (Lipinski definition) is 2. The topological polar surface area (TPSA) is 86.7 Å². The van der Waals surface area contributed by atoms with E-state index < -0.39 is 17.8 Å². The first-order chi connectivity index (χ1) is 8.58. The molecule has 1 aromatic carbocycles. The highest BCUT2D eigenvalue weighted by Gasteiger charge is 2.35. The fourth-order valence-electron chi connectivity index (χ4n) is 1.76. The van der Waals surface area contributed by atoms with Crippen LogP contribution in [0.4, 0.5) is 0 Å². The molecule has 1 atom stereocenters. The molecule has 1 aliphatic heterocycles. The second-order valence-corrected chi connectivity index (χ2v) is 4.05. The molecule has 0 aromatic heterocycles. The summed E-state index contributed by atoms with van der Waals surface area (Å²) in [6.07, 6.45) is -0.0790.